The molecule has 8 heteroatoms. The lowest BCUT2D eigenvalue weighted by molar-refractivity contribution is -0.216. The Morgan fingerprint density at radius 3 is 2.48 bits per heavy atom. The molecule has 0 aromatic heterocycles. The summed E-state index contributed by atoms with van der Waals surface area (Å²) in [6, 6.07) is 10.1. The maximum Gasteiger partial charge on any atom is 0.192 e. The number of carbonyl (C=O) groups is 1. The van der Waals surface area contributed by atoms with Crippen molar-refractivity contribution >= 4 is 25.9 Å². The first-order chi connectivity index (χ1) is 15.4. The quantitative estimate of drug-likeness (QED) is 0.400. The zero-order chi connectivity index (χ0) is 24.0. The summed E-state index contributed by atoms with van der Waals surface area (Å²) < 4.78 is 32.0. The van der Waals surface area contributed by atoms with Crippen molar-refractivity contribution in [1.29, 1.82) is 0 Å². The van der Waals surface area contributed by atoms with Crippen LogP contribution in [-0.4, -0.2) is 62.5 Å². The van der Waals surface area contributed by atoms with Crippen molar-refractivity contribution in [1.82, 2.24) is 0 Å². The van der Waals surface area contributed by atoms with Gasteiger partial charge in [0, 0.05) is 17.9 Å². The number of rotatable bonds is 6. The summed E-state index contributed by atoms with van der Waals surface area (Å²) in [5.41, 5.74) is 0. The Morgan fingerprint density at radius 2 is 1.85 bits per heavy atom. The SMILES string of the molecule is CC1(C)O[C@H]2O[C@H]([C@@H](Sc3ccccc3)[C@@H]3OCCCC3=O)[C@H](O[Si](C)(C)C(C)(C)C)[C@H]2O1. The predicted octanol–water partition coefficient (Wildman–Crippen LogP) is 5.16. The second-order valence-electron chi connectivity index (χ2n) is 11.2. The fourth-order valence-electron chi connectivity index (χ4n) is 4.35. The van der Waals surface area contributed by atoms with Crippen LogP contribution in [-0.2, 0) is 28.2 Å². The number of ether oxygens (including phenoxy) is 4. The molecular formula is C25H38O6SSi. The van der Waals surface area contributed by atoms with E-state index in [2.05, 4.69) is 46.0 Å². The van der Waals surface area contributed by atoms with E-state index in [0.717, 1.165) is 11.3 Å². The molecule has 0 bridgehead atoms. The summed E-state index contributed by atoms with van der Waals surface area (Å²) >= 11 is 1.63. The molecule has 6 nitrogen and oxygen atoms in total. The smallest absolute Gasteiger partial charge is 0.192 e. The fraction of sp³-hybridized carbons (Fsp3) is 0.720. The first-order valence-electron chi connectivity index (χ1n) is 11.9. The molecule has 1 aromatic rings. The lowest BCUT2D eigenvalue weighted by Gasteiger charge is -2.42. The van der Waals surface area contributed by atoms with Crippen LogP contribution in [0.3, 0.4) is 0 Å². The van der Waals surface area contributed by atoms with Crippen LogP contribution in [0.1, 0.15) is 47.5 Å². The van der Waals surface area contributed by atoms with Crippen molar-refractivity contribution in [2.24, 2.45) is 0 Å². The topological polar surface area (TPSA) is 63.2 Å². The number of thioether (sulfide) groups is 1. The van der Waals surface area contributed by atoms with Crippen molar-refractivity contribution in [3.8, 4) is 0 Å². The summed E-state index contributed by atoms with van der Waals surface area (Å²) in [6.45, 7) is 15.5. The average Bonchev–Trinajstić information content (AvgIpc) is 3.19. The van der Waals surface area contributed by atoms with Gasteiger partial charge in [-0.25, -0.2) is 0 Å². The van der Waals surface area contributed by atoms with Crippen LogP contribution in [0, 0.1) is 0 Å². The lowest BCUT2D eigenvalue weighted by Crippen LogP contribution is -2.54. The molecule has 6 atom stereocenters. The van der Waals surface area contributed by atoms with Crippen LogP contribution in [0.2, 0.25) is 18.1 Å². The summed E-state index contributed by atoms with van der Waals surface area (Å²) in [4.78, 5) is 14.1. The molecule has 0 N–H and O–H groups in total. The van der Waals surface area contributed by atoms with Gasteiger partial charge < -0.3 is 23.4 Å². The highest BCUT2D eigenvalue weighted by Gasteiger charge is 2.60. The van der Waals surface area contributed by atoms with E-state index in [1.807, 2.05) is 32.0 Å². The van der Waals surface area contributed by atoms with E-state index in [1.165, 1.54) is 0 Å². The van der Waals surface area contributed by atoms with Gasteiger partial charge in [-0.3, -0.25) is 4.79 Å². The molecule has 3 saturated heterocycles. The molecule has 0 aliphatic carbocycles. The number of carbonyl (C=O) groups excluding carboxylic acids is 1. The minimum absolute atomic E-state index is 0.0177. The minimum atomic E-state index is -2.17. The van der Waals surface area contributed by atoms with Gasteiger partial charge >= 0.3 is 0 Å². The Labute approximate surface area is 203 Å². The van der Waals surface area contributed by atoms with Crippen molar-refractivity contribution in [2.45, 2.75) is 112 Å². The number of hydrogen-bond acceptors (Lipinski definition) is 7. The highest BCUT2D eigenvalue weighted by Crippen LogP contribution is 2.47. The largest absolute Gasteiger partial charge is 0.408 e. The fourth-order valence-corrected chi connectivity index (χ4v) is 6.98. The van der Waals surface area contributed by atoms with Gasteiger partial charge in [0.15, 0.2) is 26.2 Å². The number of fused-ring (bicyclic) bond motifs is 1. The molecule has 3 aliphatic rings. The van der Waals surface area contributed by atoms with Gasteiger partial charge in [0.1, 0.15) is 24.4 Å². The monoisotopic (exact) mass is 494 g/mol. The van der Waals surface area contributed by atoms with Crippen LogP contribution in [0.5, 0.6) is 0 Å². The first kappa shape index (κ1) is 25.4. The molecule has 4 rings (SSSR count). The second-order valence-corrected chi connectivity index (χ2v) is 17.2. The molecule has 184 valence electrons. The van der Waals surface area contributed by atoms with Crippen molar-refractivity contribution in [3.05, 3.63) is 30.3 Å². The molecule has 3 aliphatic heterocycles. The zero-order valence-corrected chi connectivity index (χ0v) is 22.6. The van der Waals surface area contributed by atoms with Gasteiger partial charge in [-0.1, -0.05) is 39.0 Å². The van der Waals surface area contributed by atoms with E-state index in [9.17, 15) is 4.79 Å². The Bertz CT molecular complexity index is 839. The predicted molar refractivity (Wildman–Crippen MR) is 131 cm³/mol. The van der Waals surface area contributed by atoms with Crippen molar-refractivity contribution < 1.29 is 28.2 Å². The molecule has 0 saturated carbocycles. The third kappa shape index (κ3) is 5.42. The van der Waals surface area contributed by atoms with Crippen LogP contribution in [0.15, 0.2) is 35.2 Å². The first-order valence-corrected chi connectivity index (χ1v) is 15.7. The molecule has 1 aromatic carbocycles. The van der Waals surface area contributed by atoms with Crippen LogP contribution in [0.4, 0.5) is 0 Å². The van der Waals surface area contributed by atoms with Gasteiger partial charge in [0.2, 0.25) is 0 Å². The lowest BCUT2D eigenvalue weighted by atomic mass is 9.98. The number of hydrogen-bond donors (Lipinski definition) is 0. The number of Topliss-reactive ketones (excluding diaryl/α,β-unsaturated/α-hetero) is 1. The number of ketones is 1. The molecule has 3 heterocycles. The standard InChI is InChI=1S/C25H38O6SSi/c1-24(2,3)33(6,7)31-19-20(28-23-21(19)29-25(4,5)30-23)22(18-17(26)14-11-15-27-18)32-16-12-9-8-10-13-16/h8-10,12-13,18-23H,11,14-15H2,1-7H3/t18-,19+,20+,21-,22+,23-/m1/s1. The van der Waals surface area contributed by atoms with E-state index < -0.39 is 32.6 Å². The third-order valence-corrected chi connectivity index (χ3v) is 12.9. The highest BCUT2D eigenvalue weighted by atomic mass is 32.2. The molecule has 0 unspecified atom stereocenters. The summed E-state index contributed by atoms with van der Waals surface area (Å²) in [5.74, 6) is -0.613. The molecule has 0 spiro atoms. The Hall–Kier alpha value is -0.743. The zero-order valence-electron chi connectivity index (χ0n) is 20.8. The molecule has 0 radical (unpaired) electrons. The van der Waals surface area contributed by atoms with Gasteiger partial charge in [-0.2, -0.15) is 0 Å². The minimum Gasteiger partial charge on any atom is -0.408 e. The number of benzene rings is 1. The summed E-state index contributed by atoms with van der Waals surface area (Å²) in [7, 11) is -2.17. The Kier molecular flexibility index (Phi) is 7.20. The molecule has 3 fully saturated rings. The summed E-state index contributed by atoms with van der Waals surface area (Å²) in [5, 5.41) is -0.250. The third-order valence-electron chi connectivity index (χ3n) is 7.08. The van der Waals surface area contributed by atoms with Crippen LogP contribution >= 0.6 is 11.8 Å². The maximum absolute atomic E-state index is 13.0. The summed E-state index contributed by atoms with van der Waals surface area (Å²) in [6.07, 6.45) is -0.886. The van der Waals surface area contributed by atoms with Gasteiger partial charge in [0.25, 0.3) is 0 Å². The van der Waals surface area contributed by atoms with E-state index in [0.29, 0.717) is 13.0 Å². The molecule has 33 heavy (non-hydrogen) atoms. The normalized spacial score (nSPS) is 33.2. The van der Waals surface area contributed by atoms with Crippen LogP contribution in [0.25, 0.3) is 0 Å². The van der Waals surface area contributed by atoms with Gasteiger partial charge in [-0.15, -0.1) is 11.8 Å². The molecule has 0 amide bonds. The van der Waals surface area contributed by atoms with Crippen molar-refractivity contribution in [3.63, 3.8) is 0 Å². The Morgan fingerprint density at radius 1 is 1.15 bits per heavy atom. The molecular weight excluding hydrogens is 456 g/mol. The van der Waals surface area contributed by atoms with E-state index >= 15 is 0 Å². The Balaban J connectivity index is 1.69. The van der Waals surface area contributed by atoms with Crippen molar-refractivity contribution in [2.75, 3.05) is 6.61 Å². The van der Waals surface area contributed by atoms with Gasteiger partial charge in [-0.05, 0) is 50.5 Å². The van der Waals surface area contributed by atoms with Gasteiger partial charge in [0.05, 0.1) is 5.25 Å². The second kappa shape index (κ2) is 9.37. The van der Waals surface area contributed by atoms with E-state index in [-0.39, 0.29) is 28.3 Å². The van der Waals surface area contributed by atoms with E-state index in [4.69, 9.17) is 23.4 Å². The van der Waals surface area contributed by atoms with E-state index in [1.54, 1.807) is 11.8 Å². The highest BCUT2D eigenvalue weighted by molar-refractivity contribution is 8.00. The average molecular weight is 495 g/mol. The maximum atomic E-state index is 13.0. The van der Waals surface area contributed by atoms with Crippen LogP contribution < -0.4 is 0 Å².